The number of ether oxygens (including phenoxy) is 3. The molecule has 4 bridgehead atoms. The molecule has 5 aliphatic carbocycles. The van der Waals surface area contributed by atoms with Crippen molar-refractivity contribution in [2.45, 2.75) is 74.0 Å². The lowest BCUT2D eigenvalue weighted by Gasteiger charge is -2.74. The van der Waals surface area contributed by atoms with Crippen LogP contribution < -0.4 is 14.8 Å². The van der Waals surface area contributed by atoms with Crippen molar-refractivity contribution in [1.29, 1.82) is 0 Å². The van der Waals surface area contributed by atoms with Crippen LogP contribution in [0.3, 0.4) is 0 Å². The molecule has 1 N–H and O–H groups in total. The van der Waals surface area contributed by atoms with Gasteiger partial charge in [0.05, 0.1) is 7.11 Å². The summed E-state index contributed by atoms with van der Waals surface area (Å²) in [5.41, 5.74) is 5.44. The molecule has 0 aromatic heterocycles. The minimum absolute atomic E-state index is 0.00755. The van der Waals surface area contributed by atoms with Crippen LogP contribution in [0.5, 0.6) is 11.5 Å². The van der Waals surface area contributed by atoms with E-state index >= 15 is 0 Å². The van der Waals surface area contributed by atoms with Gasteiger partial charge in [-0.3, -0.25) is 4.90 Å². The van der Waals surface area contributed by atoms with Crippen molar-refractivity contribution >= 4 is 5.69 Å². The summed E-state index contributed by atoms with van der Waals surface area (Å²) in [6.07, 6.45) is 8.61. The Kier molecular flexibility index (Phi) is 5.63. The molecule has 2 aromatic rings. The topological polar surface area (TPSA) is 46.2 Å². The second kappa shape index (κ2) is 8.86. The molecule has 0 radical (unpaired) electrons. The zero-order valence-electron chi connectivity index (χ0n) is 24.7. The number of likely N-dealkylation sites (tertiary alicyclic amines) is 1. The van der Waals surface area contributed by atoms with Crippen molar-refractivity contribution in [2.75, 3.05) is 59.8 Å². The highest BCUT2D eigenvalue weighted by Crippen LogP contribution is 2.78. The third-order valence-corrected chi connectivity index (χ3v) is 12.1. The van der Waals surface area contributed by atoms with Gasteiger partial charge >= 0.3 is 0 Å². The van der Waals surface area contributed by atoms with Crippen molar-refractivity contribution in [1.82, 2.24) is 9.80 Å². The van der Waals surface area contributed by atoms with Crippen molar-refractivity contribution in [2.24, 2.45) is 11.3 Å². The summed E-state index contributed by atoms with van der Waals surface area (Å²) in [5.74, 6) is 3.13. The zero-order valence-corrected chi connectivity index (χ0v) is 24.7. The Balaban J connectivity index is 1.23. The van der Waals surface area contributed by atoms with E-state index in [1.807, 2.05) is 7.11 Å². The predicted molar refractivity (Wildman–Crippen MR) is 158 cm³/mol. The van der Waals surface area contributed by atoms with Gasteiger partial charge in [-0.05, 0) is 101 Å². The molecule has 5 fully saturated rings. The molecule has 4 saturated carbocycles. The Morgan fingerprint density at radius 3 is 2.60 bits per heavy atom. The van der Waals surface area contributed by atoms with E-state index in [4.69, 9.17) is 14.2 Å². The second-order valence-corrected chi connectivity index (χ2v) is 13.9. The van der Waals surface area contributed by atoms with Gasteiger partial charge in [-0.25, -0.2) is 0 Å². The number of fused-ring (bicyclic) bond motifs is 2. The van der Waals surface area contributed by atoms with Crippen LogP contribution in [0.15, 0.2) is 36.4 Å². The molecule has 9 rings (SSSR count). The molecule has 2 aliphatic heterocycles. The van der Waals surface area contributed by atoms with Crippen molar-refractivity contribution in [3.63, 3.8) is 0 Å². The average molecular weight is 544 g/mol. The fourth-order valence-electron chi connectivity index (χ4n) is 10.2. The van der Waals surface area contributed by atoms with Gasteiger partial charge in [0.15, 0.2) is 11.5 Å². The molecule has 2 heterocycles. The summed E-state index contributed by atoms with van der Waals surface area (Å²) < 4.78 is 19.9. The van der Waals surface area contributed by atoms with E-state index in [0.717, 1.165) is 43.3 Å². The lowest BCUT2D eigenvalue weighted by Crippen LogP contribution is -2.80. The fraction of sp³-hybridized carbons (Fsp3) is 0.647. The van der Waals surface area contributed by atoms with Gasteiger partial charge in [-0.15, -0.1) is 0 Å². The van der Waals surface area contributed by atoms with E-state index in [9.17, 15) is 0 Å². The van der Waals surface area contributed by atoms with Crippen LogP contribution in [-0.4, -0.2) is 82.0 Å². The largest absolute Gasteiger partial charge is 0.493 e. The van der Waals surface area contributed by atoms with Crippen LogP contribution in [0, 0.1) is 11.3 Å². The summed E-state index contributed by atoms with van der Waals surface area (Å²) in [5, 5.41) is 3.59. The van der Waals surface area contributed by atoms with E-state index in [1.165, 1.54) is 67.6 Å². The summed E-state index contributed by atoms with van der Waals surface area (Å²) in [7, 11) is 7.98. The van der Waals surface area contributed by atoms with E-state index in [0.29, 0.717) is 12.0 Å². The first kappa shape index (κ1) is 25.4. The number of nitrogens with one attached hydrogen (secondary N) is 1. The first-order valence-corrected chi connectivity index (χ1v) is 15.6. The number of anilines is 1. The van der Waals surface area contributed by atoms with Crippen molar-refractivity contribution < 1.29 is 14.2 Å². The molecule has 214 valence electrons. The molecule has 40 heavy (non-hydrogen) atoms. The van der Waals surface area contributed by atoms with E-state index in [-0.39, 0.29) is 22.5 Å². The number of nitrogens with zero attached hydrogens (tertiary/aromatic N) is 2. The van der Waals surface area contributed by atoms with Gasteiger partial charge in [-0.1, -0.05) is 18.2 Å². The SMILES string of the molecule is COc1ccc2c3c1O[C@H]1[C@@]4(OC)CC[C@@]5(C[C@@H]4c4ccc(NCCN(C)C)cc4)[C@@H](C2)N(CC2CC2)CC[C@]315. The lowest BCUT2D eigenvalue weighted by molar-refractivity contribution is -0.261. The van der Waals surface area contributed by atoms with Crippen LogP contribution in [0.1, 0.15) is 61.1 Å². The van der Waals surface area contributed by atoms with Gasteiger partial charge < -0.3 is 24.4 Å². The molecule has 1 saturated heterocycles. The van der Waals surface area contributed by atoms with Crippen LogP contribution in [-0.2, 0) is 16.6 Å². The Labute approximate surface area is 239 Å². The Bertz CT molecular complexity index is 1310. The first-order valence-electron chi connectivity index (χ1n) is 15.6. The molecule has 0 unspecified atom stereocenters. The normalized spacial score (nSPS) is 36.9. The zero-order chi connectivity index (χ0) is 27.3. The van der Waals surface area contributed by atoms with E-state index in [1.54, 1.807) is 7.11 Å². The maximum Gasteiger partial charge on any atom is 0.165 e. The van der Waals surface area contributed by atoms with Crippen molar-refractivity contribution in [3.05, 3.63) is 53.1 Å². The van der Waals surface area contributed by atoms with Crippen LogP contribution in [0.4, 0.5) is 5.69 Å². The van der Waals surface area contributed by atoms with Crippen LogP contribution in [0.25, 0.3) is 0 Å². The van der Waals surface area contributed by atoms with Gasteiger partial charge in [0.25, 0.3) is 0 Å². The lowest BCUT2D eigenvalue weighted by atomic mass is 9.34. The molecule has 2 spiro atoms. The highest BCUT2D eigenvalue weighted by atomic mass is 16.6. The Morgan fingerprint density at radius 1 is 1.05 bits per heavy atom. The number of benzene rings is 2. The summed E-state index contributed by atoms with van der Waals surface area (Å²) >= 11 is 0. The maximum atomic E-state index is 7.22. The standard InChI is InChI=1S/C34H45N3O3/c1-36(2)18-16-35-25-10-7-23(8-11-25)26-20-32-13-14-34(26,39-4)31-33(32)15-17-37(21-22-5-6-22)28(32)19-24-9-12-27(38-3)30(40-31)29(24)33/h7-12,22,26,28,31,35H,5-6,13-21H2,1-4H3/t26-,28-,31-,32-,33+,34-/m1/s1. The molecule has 6 nitrogen and oxygen atoms in total. The minimum Gasteiger partial charge on any atom is -0.493 e. The smallest absolute Gasteiger partial charge is 0.165 e. The molecular formula is C34H45N3O3. The third kappa shape index (κ3) is 3.22. The monoisotopic (exact) mass is 543 g/mol. The summed E-state index contributed by atoms with van der Waals surface area (Å²) in [6, 6.07) is 14.4. The molecule has 7 aliphatic rings. The third-order valence-electron chi connectivity index (χ3n) is 12.1. The second-order valence-electron chi connectivity index (χ2n) is 13.9. The van der Waals surface area contributed by atoms with Gasteiger partial charge in [0.1, 0.15) is 11.7 Å². The highest BCUT2D eigenvalue weighted by Gasteiger charge is 2.80. The molecule has 2 aromatic carbocycles. The van der Waals surface area contributed by atoms with E-state index in [2.05, 4.69) is 65.6 Å². The molecule has 6 heteroatoms. The van der Waals surface area contributed by atoms with Gasteiger partial charge in [-0.2, -0.15) is 0 Å². The number of piperidine rings is 1. The Morgan fingerprint density at radius 2 is 1.88 bits per heavy atom. The molecule has 0 amide bonds. The van der Waals surface area contributed by atoms with Crippen LogP contribution in [0.2, 0.25) is 0 Å². The number of hydrogen-bond acceptors (Lipinski definition) is 6. The average Bonchev–Trinajstić information content (AvgIpc) is 3.71. The van der Waals surface area contributed by atoms with Crippen LogP contribution >= 0.6 is 0 Å². The van der Waals surface area contributed by atoms with E-state index < -0.39 is 0 Å². The fourth-order valence-corrected chi connectivity index (χ4v) is 10.2. The minimum atomic E-state index is -0.344. The molecule has 6 atom stereocenters. The highest BCUT2D eigenvalue weighted by molar-refractivity contribution is 5.64. The van der Waals surface area contributed by atoms with Gasteiger partial charge in [0.2, 0.25) is 0 Å². The first-order chi connectivity index (χ1) is 19.5. The predicted octanol–water partition coefficient (Wildman–Crippen LogP) is 5.06. The summed E-state index contributed by atoms with van der Waals surface area (Å²) in [6.45, 7) is 4.42. The maximum absolute atomic E-state index is 7.22. The Hall–Kier alpha value is -2.28. The van der Waals surface area contributed by atoms with Crippen molar-refractivity contribution in [3.8, 4) is 11.5 Å². The number of rotatable bonds is 9. The number of hydrogen-bond donors (Lipinski definition) is 1. The number of methoxy groups -OCH3 is 2. The quantitative estimate of drug-likeness (QED) is 0.477. The summed E-state index contributed by atoms with van der Waals surface area (Å²) in [4.78, 5) is 5.14. The van der Waals surface area contributed by atoms with Gasteiger partial charge in [0, 0.05) is 60.8 Å². The molecular weight excluding hydrogens is 498 g/mol. The number of likely N-dealkylation sites (N-methyl/N-ethyl adjacent to an activating group) is 1.